The van der Waals surface area contributed by atoms with Gasteiger partial charge in [0.05, 0.1) is 24.7 Å². The minimum absolute atomic E-state index is 0.150. The number of nitrogens with zero attached hydrogens (tertiary/aromatic N) is 1. The molecule has 15 heavy (non-hydrogen) atoms. The topological polar surface area (TPSA) is 21.7 Å². The molecular weight excluding hydrogens is 214 g/mol. The summed E-state index contributed by atoms with van der Waals surface area (Å²) in [4.78, 5) is 2.40. The minimum Gasteiger partial charge on any atom is -0.379 e. The Labute approximate surface area is 96.7 Å². The molecule has 0 spiro atoms. The molecule has 2 unspecified atom stereocenters. The summed E-state index contributed by atoms with van der Waals surface area (Å²) < 4.78 is 11.0. The lowest BCUT2D eigenvalue weighted by atomic mass is 10.2. The van der Waals surface area contributed by atoms with Crippen LogP contribution < -0.4 is 0 Å². The average Bonchev–Trinajstić information content (AvgIpc) is 2.65. The maximum atomic E-state index is 6.11. The van der Waals surface area contributed by atoms with Gasteiger partial charge in [-0.05, 0) is 19.3 Å². The largest absolute Gasteiger partial charge is 0.379 e. The lowest BCUT2D eigenvalue weighted by Crippen LogP contribution is -2.33. The van der Waals surface area contributed by atoms with E-state index in [1.165, 1.54) is 12.8 Å². The SMILES string of the molecule is ClC1COCCN(CCC2CCCO2)C1. The van der Waals surface area contributed by atoms with Crippen LogP contribution in [0.15, 0.2) is 0 Å². The molecule has 0 radical (unpaired) electrons. The molecule has 2 heterocycles. The molecule has 0 N–H and O–H groups in total. The number of alkyl halides is 1. The number of halogens is 1. The van der Waals surface area contributed by atoms with Gasteiger partial charge >= 0.3 is 0 Å². The van der Waals surface area contributed by atoms with Crippen molar-refractivity contribution >= 4 is 11.6 Å². The first-order chi connectivity index (χ1) is 7.34. The van der Waals surface area contributed by atoms with Gasteiger partial charge in [-0.2, -0.15) is 0 Å². The zero-order chi connectivity index (χ0) is 10.5. The van der Waals surface area contributed by atoms with Crippen molar-refractivity contribution in [1.82, 2.24) is 4.90 Å². The highest BCUT2D eigenvalue weighted by Crippen LogP contribution is 2.16. The zero-order valence-corrected chi connectivity index (χ0v) is 9.92. The summed E-state index contributed by atoms with van der Waals surface area (Å²) in [6.45, 7) is 5.51. The molecule has 3 nitrogen and oxygen atoms in total. The third-order valence-electron chi connectivity index (χ3n) is 3.10. The van der Waals surface area contributed by atoms with Gasteiger partial charge in [0.1, 0.15) is 0 Å². The summed E-state index contributed by atoms with van der Waals surface area (Å²) >= 11 is 6.11. The molecule has 2 atom stereocenters. The van der Waals surface area contributed by atoms with Crippen LogP contribution in [0.25, 0.3) is 0 Å². The minimum atomic E-state index is 0.150. The molecule has 0 aromatic heterocycles. The highest BCUT2D eigenvalue weighted by Gasteiger charge is 2.19. The second-order valence-electron chi connectivity index (χ2n) is 4.40. The van der Waals surface area contributed by atoms with E-state index in [1.54, 1.807) is 0 Å². The quantitative estimate of drug-likeness (QED) is 0.690. The predicted molar refractivity (Wildman–Crippen MR) is 60.5 cm³/mol. The molecule has 2 saturated heterocycles. The Bertz CT molecular complexity index is 185. The van der Waals surface area contributed by atoms with Crippen LogP contribution in [0.4, 0.5) is 0 Å². The van der Waals surface area contributed by atoms with Gasteiger partial charge in [0, 0.05) is 26.2 Å². The fourth-order valence-corrected chi connectivity index (χ4v) is 2.51. The van der Waals surface area contributed by atoms with Gasteiger partial charge in [0.2, 0.25) is 0 Å². The molecule has 2 aliphatic rings. The van der Waals surface area contributed by atoms with E-state index in [2.05, 4.69) is 4.90 Å². The standard InChI is InChI=1S/C11H20ClNO2/c12-10-8-13(5-7-14-9-10)4-3-11-2-1-6-15-11/h10-11H,1-9H2. The maximum absolute atomic E-state index is 6.11. The van der Waals surface area contributed by atoms with Crippen LogP contribution in [0.1, 0.15) is 19.3 Å². The second kappa shape index (κ2) is 6.04. The van der Waals surface area contributed by atoms with E-state index < -0.39 is 0 Å². The van der Waals surface area contributed by atoms with E-state index in [0.29, 0.717) is 12.7 Å². The molecule has 0 saturated carbocycles. The summed E-state index contributed by atoms with van der Waals surface area (Å²) in [5.41, 5.74) is 0. The van der Waals surface area contributed by atoms with Crippen molar-refractivity contribution < 1.29 is 9.47 Å². The van der Waals surface area contributed by atoms with Crippen molar-refractivity contribution in [3.8, 4) is 0 Å². The van der Waals surface area contributed by atoms with Gasteiger partial charge in [-0.3, -0.25) is 4.90 Å². The van der Waals surface area contributed by atoms with E-state index in [0.717, 1.165) is 39.3 Å². The van der Waals surface area contributed by atoms with Crippen LogP contribution in [0.2, 0.25) is 0 Å². The number of ether oxygens (including phenoxy) is 2. The van der Waals surface area contributed by atoms with E-state index in [4.69, 9.17) is 21.1 Å². The van der Waals surface area contributed by atoms with Crippen molar-refractivity contribution in [3.05, 3.63) is 0 Å². The number of hydrogen-bond donors (Lipinski definition) is 0. The van der Waals surface area contributed by atoms with Crippen LogP contribution in [-0.2, 0) is 9.47 Å². The molecule has 2 rings (SSSR count). The van der Waals surface area contributed by atoms with Gasteiger partial charge in [-0.1, -0.05) is 0 Å². The predicted octanol–water partition coefficient (Wildman–Crippen LogP) is 1.50. The molecule has 4 heteroatoms. The maximum Gasteiger partial charge on any atom is 0.0696 e. The Hall–Kier alpha value is 0.170. The first kappa shape index (κ1) is 11.6. The molecule has 0 aliphatic carbocycles. The molecule has 88 valence electrons. The van der Waals surface area contributed by atoms with Gasteiger partial charge < -0.3 is 9.47 Å². The summed E-state index contributed by atoms with van der Waals surface area (Å²) in [5, 5.41) is 0.150. The fraction of sp³-hybridized carbons (Fsp3) is 1.00. The van der Waals surface area contributed by atoms with E-state index in [9.17, 15) is 0 Å². The zero-order valence-electron chi connectivity index (χ0n) is 9.16. The van der Waals surface area contributed by atoms with Crippen molar-refractivity contribution in [3.63, 3.8) is 0 Å². The number of hydrogen-bond acceptors (Lipinski definition) is 3. The molecular formula is C11H20ClNO2. The summed E-state index contributed by atoms with van der Waals surface area (Å²) in [6.07, 6.45) is 4.09. The molecule has 2 aliphatic heterocycles. The van der Waals surface area contributed by atoms with Crippen LogP contribution in [0.3, 0.4) is 0 Å². The van der Waals surface area contributed by atoms with Crippen LogP contribution in [0.5, 0.6) is 0 Å². The lowest BCUT2D eigenvalue weighted by Gasteiger charge is -2.22. The Balaban J connectivity index is 1.67. The van der Waals surface area contributed by atoms with Crippen LogP contribution in [0, 0.1) is 0 Å². The van der Waals surface area contributed by atoms with Gasteiger partial charge in [-0.15, -0.1) is 11.6 Å². The average molecular weight is 234 g/mol. The highest BCUT2D eigenvalue weighted by atomic mass is 35.5. The van der Waals surface area contributed by atoms with Crippen LogP contribution >= 0.6 is 11.6 Å². The Morgan fingerprint density at radius 2 is 2.27 bits per heavy atom. The van der Waals surface area contributed by atoms with Crippen molar-refractivity contribution in [2.45, 2.75) is 30.7 Å². The normalized spacial score (nSPS) is 34.2. The van der Waals surface area contributed by atoms with Gasteiger partial charge in [-0.25, -0.2) is 0 Å². The lowest BCUT2D eigenvalue weighted by molar-refractivity contribution is 0.0901. The monoisotopic (exact) mass is 233 g/mol. The summed E-state index contributed by atoms with van der Waals surface area (Å²) in [6, 6.07) is 0. The third-order valence-corrected chi connectivity index (χ3v) is 3.36. The highest BCUT2D eigenvalue weighted by molar-refractivity contribution is 6.20. The van der Waals surface area contributed by atoms with Crippen molar-refractivity contribution in [2.24, 2.45) is 0 Å². The molecule has 0 aromatic carbocycles. The van der Waals surface area contributed by atoms with E-state index in [1.807, 2.05) is 0 Å². The molecule has 2 fully saturated rings. The van der Waals surface area contributed by atoms with E-state index >= 15 is 0 Å². The van der Waals surface area contributed by atoms with E-state index in [-0.39, 0.29) is 5.38 Å². The van der Waals surface area contributed by atoms with Crippen LogP contribution in [-0.4, -0.2) is 55.8 Å². The molecule has 0 amide bonds. The summed E-state index contributed by atoms with van der Waals surface area (Å²) in [7, 11) is 0. The van der Waals surface area contributed by atoms with Crippen molar-refractivity contribution in [1.29, 1.82) is 0 Å². The molecule has 0 aromatic rings. The Morgan fingerprint density at radius 3 is 3.07 bits per heavy atom. The fourth-order valence-electron chi connectivity index (χ4n) is 2.23. The van der Waals surface area contributed by atoms with Gasteiger partial charge in [0.25, 0.3) is 0 Å². The second-order valence-corrected chi connectivity index (χ2v) is 5.01. The first-order valence-corrected chi connectivity index (χ1v) is 6.34. The Kier molecular flexibility index (Phi) is 4.69. The third kappa shape index (κ3) is 3.91. The smallest absolute Gasteiger partial charge is 0.0696 e. The van der Waals surface area contributed by atoms with Gasteiger partial charge in [0.15, 0.2) is 0 Å². The first-order valence-electron chi connectivity index (χ1n) is 5.90. The van der Waals surface area contributed by atoms with Crippen molar-refractivity contribution in [2.75, 3.05) is 39.5 Å². The Morgan fingerprint density at radius 1 is 1.33 bits per heavy atom. The summed E-state index contributed by atoms with van der Waals surface area (Å²) in [5.74, 6) is 0. The number of rotatable bonds is 3. The molecule has 0 bridgehead atoms.